The van der Waals surface area contributed by atoms with Gasteiger partial charge in [0.1, 0.15) is 5.75 Å². The first kappa shape index (κ1) is 14.0. The van der Waals surface area contributed by atoms with Crippen molar-refractivity contribution >= 4 is 23.1 Å². The van der Waals surface area contributed by atoms with Crippen LogP contribution in [0, 0.1) is 10.1 Å². The van der Waals surface area contributed by atoms with Crippen LogP contribution in [0.4, 0.5) is 5.69 Å². The molecule has 0 saturated carbocycles. The summed E-state index contributed by atoms with van der Waals surface area (Å²) in [6.45, 7) is -0.192. The highest BCUT2D eigenvalue weighted by Gasteiger charge is 2.09. The molecule has 20 heavy (non-hydrogen) atoms. The van der Waals surface area contributed by atoms with Gasteiger partial charge >= 0.3 is 0 Å². The Morgan fingerprint density at radius 1 is 1.20 bits per heavy atom. The average Bonchev–Trinajstić information content (AvgIpc) is 2.46. The maximum absolute atomic E-state index is 11.8. The van der Waals surface area contributed by atoms with Gasteiger partial charge in [0.15, 0.2) is 12.4 Å². The number of nitro groups is 1. The Balaban J connectivity index is 2.01. The summed E-state index contributed by atoms with van der Waals surface area (Å²) in [6, 6.07) is 12.1. The second-order valence-electron chi connectivity index (χ2n) is 3.97. The van der Waals surface area contributed by atoms with Crippen molar-refractivity contribution in [2.24, 2.45) is 0 Å². The number of carbonyl (C=O) groups is 1. The molecule has 0 heterocycles. The summed E-state index contributed by atoms with van der Waals surface area (Å²) in [7, 11) is 0. The zero-order chi connectivity index (χ0) is 14.5. The van der Waals surface area contributed by atoms with Gasteiger partial charge in [-0.05, 0) is 30.3 Å². The van der Waals surface area contributed by atoms with Crippen molar-refractivity contribution in [2.45, 2.75) is 0 Å². The van der Waals surface area contributed by atoms with E-state index in [-0.39, 0.29) is 23.8 Å². The highest BCUT2D eigenvalue weighted by molar-refractivity contribution is 6.30. The van der Waals surface area contributed by atoms with Crippen LogP contribution in [0.3, 0.4) is 0 Å². The van der Waals surface area contributed by atoms with E-state index in [1.54, 1.807) is 30.3 Å². The Labute approximate surface area is 119 Å². The number of hydrogen-bond acceptors (Lipinski definition) is 4. The van der Waals surface area contributed by atoms with E-state index < -0.39 is 4.92 Å². The number of carbonyl (C=O) groups excluding carboxylic acids is 1. The average molecular weight is 292 g/mol. The lowest BCUT2D eigenvalue weighted by atomic mass is 10.1. The number of nitro benzene ring substituents is 1. The molecule has 0 radical (unpaired) electrons. The Bertz CT molecular complexity index is 640. The SMILES string of the molecule is O=C(COc1cccc([N+](=O)[O-])c1)c1ccc(Cl)cc1. The smallest absolute Gasteiger partial charge is 0.273 e. The van der Waals surface area contributed by atoms with Gasteiger partial charge in [-0.3, -0.25) is 14.9 Å². The fraction of sp³-hybridized carbons (Fsp3) is 0.0714. The molecule has 0 aliphatic carbocycles. The lowest BCUT2D eigenvalue weighted by Crippen LogP contribution is -2.11. The third kappa shape index (κ3) is 3.55. The van der Waals surface area contributed by atoms with Crippen LogP contribution >= 0.6 is 11.6 Å². The quantitative estimate of drug-likeness (QED) is 0.480. The van der Waals surface area contributed by atoms with E-state index in [0.717, 1.165) is 0 Å². The number of ketones is 1. The van der Waals surface area contributed by atoms with E-state index >= 15 is 0 Å². The lowest BCUT2D eigenvalue weighted by molar-refractivity contribution is -0.384. The van der Waals surface area contributed by atoms with Crippen LogP contribution in [0.15, 0.2) is 48.5 Å². The molecule has 0 fully saturated rings. The van der Waals surface area contributed by atoms with Crippen LogP contribution in [0.1, 0.15) is 10.4 Å². The molecule has 2 aromatic carbocycles. The van der Waals surface area contributed by atoms with Gasteiger partial charge in [0.05, 0.1) is 11.0 Å². The predicted octanol–water partition coefficient (Wildman–Crippen LogP) is 3.51. The molecule has 0 spiro atoms. The van der Waals surface area contributed by atoms with Crippen molar-refractivity contribution in [1.82, 2.24) is 0 Å². The van der Waals surface area contributed by atoms with E-state index in [2.05, 4.69) is 0 Å². The molecule has 0 saturated heterocycles. The lowest BCUT2D eigenvalue weighted by Gasteiger charge is -2.05. The van der Waals surface area contributed by atoms with Crippen LogP contribution in [-0.4, -0.2) is 17.3 Å². The first-order valence-electron chi connectivity index (χ1n) is 5.72. The minimum absolute atomic E-state index is 0.0820. The van der Waals surface area contributed by atoms with Gasteiger partial charge in [0, 0.05) is 16.7 Å². The number of hydrogen-bond donors (Lipinski definition) is 0. The molecular formula is C14H10ClNO4. The Hall–Kier alpha value is -2.40. The van der Waals surface area contributed by atoms with Crippen molar-refractivity contribution < 1.29 is 14.5 Å². The molecule has 0 aromatic heterocycles. The van der Waals surface area contributed by atoms with Crippen LogP contribution in [0.25, 0.3) is 0 Å². The fourth-order valence-corrected chi connectivity index (χ4v) is 1.68. The van der Waals surface area contributed by atoms with Crippen LogP contribution in [-0.2, 0) is 0 Å². The minimum atomic E-state index is -0.520. The molecule has 0 bridgehead atoms. The zero-order valence-corrected chi connectivity index (χ0v) is 11.0. The second-order valence-corrected chi connectivity index (χ2v) is 4.41. The van der Waals surface area contributed by atoms with Crippen LogP contribution in [0.2, 0.25) is 5.02 Å². The summed E-state index contributed by atoms with van der Waals surface area (Å²) < 4.78 is 5.26. The van der Waals surface area contributed by atoms with Crippen molar-refractivity contribution in [3.8, 4) is 5.75 Å². The van der Waals surface area contributed by atoms with Gasteiger partial charge in [-0.25, -0.2) is 0 Å². The fourth-order valence-electron chi connectivity index (χ4n) is 1.55. The third-order valence-electron chi connectivity index (χ3n) is 2.56. The zero-order valence-electron chi connectivity index (χ0n) is 10.3. The van der Waals surface area contributed by atoms with Gasteiger partial charge < -0.3 is 4.74 Å². The summed E-state index contributed by atoms with van der Waals surface area (Å²) >= 11 is 5.73. The van der Waals surface area contributed by atoms with Gasteiger partial charge in [-0.2, -0.15) is 0 Å². The number of Topliss-reactive ketones (excluding diaryl/α,β-unsaturated/α-hetero) is 1. The summed E-state index contributed by atoms with van der Waals surface area (Å²) in [4.78, 5) is 21.9. The van der Waals surface area contributed by atoms with Crippen molar-refractivity contribution in [3.63, 3.8) is 0 Å². The molecule has 0 amide bonds. The highest BCUT2D eigenvalue weighted by Crippen LogP contribution is 2.19. The normalized spacial score (nSPS) is 10.1. The molecule has 0 aliphatic rings. The number of benzene rings is 2. The number of rotatable bonds is 5. The summed E-state index contributed by atoms with van der Waals surface area (Å²) in [5.41, 5.74) is 0.390. The third-order valence-corrected chi connectivity index (χ3v) is 2.82. The Morgan fingerprint density at radius 3 is 2.55 bits per heavy atom. The molecule has 0 aliphatic heterocycles. The van der Waals surface area contributed by atoms with E-state index in [1.165, 1.54) is 18.2 Å². The molecule has 2 rings (SSSR count). The van der Waals surface area contributed by atoms with E-state index in [0.29, 0.717) is 10.6 Å². The maximum Gasteiger partial charge on any atom is 0.273 e. The van der Waals surface area contributed by atoms with Crippen molar-refractivity contribution in [3.05, 3.63) is 69.2 Å². The van der Waals surface area contributed by atoms with Gasteiger partial charge in [0.2, 0.25) is 0 Å². The second kappa shape index (κ2) is 6.16. The molecular weight excluding hydrogens is 282 g/mol. The molecule has 6 heteroatoms. The molecule has 0 unspecified atom stereocenters. The van der Waals surface area contributed by atoms with Gasteiger partial charge in [0.25, 0.3) is 5.69 Å². The monoisotopic (exact) mass is 291 g/mol. The number of non-ortho nitro benzene ring substituents is 1. The molecule has 0 N–H and O–H groups in total. The van der Waals surface area contributed by atoms with E-state index in [9.17, 15) is 14.9 Å². The molecule has 5 nitrogen and oxygen atoms in total. The summed E-state index contributed by atoms with van der Waals surface area (Å²) in [6.07, 6.45) is 0. The number of halogens is 1. The summed E-state index contributed by atoms with van der Waals surface area (Å²) in [5.74, 6) is 0.0506. The van der Waals surface area contributed by atoms with Gasteiger partial charge in [-0.15, -0.1) is 0 Å². The van der Waals surface area contributed by atoms with Crippen LogP contribution < -0.4 is 4.74 Å². The van der Waals surface area contributed by atoms with E-state index in [4.69, 9.17) is 16.3 Å². The van der Waals surface area contributed by atoms with Crippen molar-refractivity contribution in [2.75, 3.05) is 6.61 Å². The number of ether oxygens (including phenoxy) is 1. The highest BCUT2D eigenvalue weighted by atomic mass is 35.5. The van der Waals surface area contributed by atoms with Crippen molar-refractivity contribution in [1.29, 1.82) is 0 Å². The number of nitrogens with zero attached hydrogens (tertiary/aromatic N) is 1. The first-order chi connectivity index (χ1) is 9.56. The molecule has 2 aromatic rings. The summed E-state index contributed by atoms with van der Waals surface area (Å²) in [5, 5.41) is 11.2. The van der Waals surface area contributed by atoms with E-state index in [1.807, 2.05) is 0 Å². The first-order valence-corrected chi connectivity index (χ1v) is 6.10. The topological polar surface area (TPSA) is 69.4 Å². The predicted molar refractivity (Wildman–Crippen MR) is 74.4 cm³/mol. The standard InChI is InChI=1S/C14H10ClNO4/c15-11-6-4-10(5-7-11)14(17)9-20-13-3-1-2-12(8-13)16(18)19/h1-8H,9H2. The molecule has 0 atom stereocenters. The largest absolute Gasteiger partial charge is 0.485 e. The Morgan fingerprint density at radius 2 is 1.90 bits per heavy atom. The Kier molecular flexibility index (Phi) is 4.32. The van der Waals surface area contributed by atoms with Gasteiger partial charge in [-0.1, -0.05) is 17.7 Å². The molecule has 102 valence electrons. The minimum Gasteiger partial charge on any atom is -0.485 e. The maximum atomic E-state index is 11.8. The van der Waals surface area contributed by atoms with Crippen LogP contribution in [0.5, 0.6) is 5.75 Å².